The zero-order chi connectivity index (χ0) is 13.1. The van der Waals surface area contributed by atoms with E-state index in [0.717, 1.165) is 22.2 Å². The molecule has 6 heteroatoms. The zero-order valence-corrected chi connectivity index (χ0v) is 11.6. The first-order chi connectivity index (χ1) is 8.56. The summed E-state index contributed by atoms with van der Waals surface area (Å²) in [6, 6.07) is 2.29. The lowest BCUT2D eigenvalue weighted by atomic mass is 10.1. The van der Waals surface area contributed by atoms with Crippen LogP contribution >= 0.6 is 11.8 Å². The van der Waals surface area contributed by atoms with Gasteiger partial charge in [0, 0.05) is 19.3 Å². The number of hydrogen-bond donors (Lipinski definition) is 1. The molecule has 0 radical (unpaired) electrons. The SMILES string of the molecule is Cc1cc(CC(C)N)cnc1Sc1ncnn1C. The third-order valence-corrected chi connectivity index (χ3v) is 3.68. The van der Waals surface area contributed by atoms with Crippen molar-refractivity contribution in [3.63, 3.8) is 0 Å². The maximum Gasteiger partial charge on any atom is 0.192 e. The van der Waals surface area contributed by atoms with Gasteiger partial charge in [-0.25, -0.2) is 14.6 Å². The fraction of sp³-hybridized carbons (Fsp3) is 0.417. The molecule has 0 amide bonds. The number of nitrogens with two attached hydrogens (primary N) is 1. The Morgan fingerprint density at radius 3 is 2.78 bits per heavy atom. The second kappa shape index (κ2) is 5.49. The van der Waals surface area contributed by atoms with E-state index in [9.17, 15) is 0 Å². The van der Waals surface area contributed by atoms with Crippen molar-refractivity contribution in [3.8, 4) is 0 Å². The van der Waals surface area contributed by atoms with Gasteiger partial charge in [-0.1, -0.05) is 6.07 Å². The van der Waals surface area contributed by atoms with Crippen molar-refractivity contribution in [2.75, 3.05) is 0 Å². The molecule has 5 nitrogen and oxygen atoms in total. The Morgan fingerprint density at radius 1 is 1.44 bits per heavy atom. The zero-order valence-electron chi connectivity index (χ0n) is 10.8. The minimum atomic E-state index is 0.156. The van der Waals surface area contributed by atoms with Gasteiger partial charge in [0.25, 0.3) is 0 Å². The van der Waals surface area contributed by atoms with Crippen molar-refractivity contribution in [2.24, 2.45) is 12.8 Å². The van der Waals surface area contributed by atoms with Crippen LogP contribution in [0.1, 0.15) is 18.1 Å². The Kier molecular flexibility index (Phi) is 3.98. The maximum absolute atomic E-state index is 5.79. The molecule has 0 bridgehead atoms. The molecule has 0 spiro atoms. The average Bonchev–Trinajstić information content (AvgIpc) is 2.67. The highest BCUT2D eigenvalue weighted by Gasteiger charge is 2.08. The quantitative estimate of drug-likeness (QED) is 0.906. The van der Waals surface area contributed by atoms with Gasteiger partial charge in [-0.05, 0) is 43.2 Å². The largest absolute Gasteiger partial charge is 0.328 e. The van der Waals surface area contributed by atoms with Crippen LogP contribution < -0.4 is 5.73 Å². The Bertz CT molecular complexity index is 535. The summed E-state index contributed by atoms with van der Waals surface area (Å²) >= 11 is 1.52. The lowest BCUT2D eigenvalue weighted by Gasteiger charge is -2.08. The number of aromatic nitrogens is 4. The van der Waals surface area contributed by atoms with Gasteiger partial charge in [-0.15, -0.1) is 0 Å². The number of pyridine rings is 1. The molecule has 0 aliphatic heterocycles. The Balaban J connectivity index is 2.17. The van der Waals surface area contributed by atoms with Crippen LogP contribution in [0.3, 0.4) is 0 Å². The van der Waals surface area contributed by atoms with Crippen molar-refractivity contribution in [1.82, 2.24) is 19.7 Å². The molecule has 2 aromatic rings. The summed E-state index contributed by atoms with van der Waals surface area (Å²) in [7, 11) is 1.87. The summed E-state index contributed by atoms with van der Waals surface area (Å²) in [5.41, 5.74) is 8.10. The number of aryl methyl sites for hydroxylation is 2. The molecule has 2 heterocycles. The first-order valence-electron chi connectivity index (χ1n) is 5.79. The third-order valence-electron chi connectivity index (χ3n) is 2.50. The average molecular weight is 263 g/mol. The highest BCUT2D eigenvalue weighted by atomic mass is 32.2. The van der Waals surface area contributed by atoms with Crippen LogP contribution in [0.25, 0.3) is 0 Å². The number of hydrogen-bond acceptors (Lipinski definition) is 5. The predicted octanol–water partition coefficient (Wildman–Crippen LogP) is 1.56. The molecule has 1 unspecified atom stereocenters. The van der Waals surface area contributed by atoms with Crippen molar-refractivity contribution >= 4 is 11.8 Å². The lowest BCUT2D eigenvalue weighted by Crippen LogP contribution is -2.17. The maximum atomic E-state index is 5.79. The van der Waals surface area contributed by atoms with Crippen LogP contribution in [0.15, 0.2) is 28.8 Å². The number of nitrogens with zero attached hydrogens (tertiary/aromatic N) is 4. The minimum Gasteiger partial charge on any atom is -0.328 e. The van der Waals surface area contributed by atoms with Crippen LogP contribution in [-0.4, -0.2) is 25.8 Å². The van der Waals surface area contributed by atoms with Gasteiger partial charge in [0.15, 0.2) is 5.16 Å². The van der Waals surface area contributed by atoms with Gasteiger partial charge in [-0.2, -0.15) is 5.10 Å². The molecular formula is C12H17N5S. The summed E-state index contributed by atoms with van der Waals surface area (Å²) in [6.45, 7) is 4.05. The summed E-state index contributed by atoms with van der Waals surface area (Å²) in [5, 5.41) is 5.84. The van der Waals surface area contributed by atoms with Crippen LogP contribution in [0.2, 0.25) is 0 Å². The molecule has 0 saturated heterocycles. The molecule has 0 aliphatic rings. The highest BCUT2D eigenvalue weighted by molar-refractivity contribution is 7.99. The van der Waals surface area contributed by atoms with E-state index in [-0.39, 0.29) is 6.04 Å². The van der Waals surface area contributed by atoms with E-state index in [1.165, 1.54) is 17.3 Å². The van der Waals surface area contributed by atoms with E-state index < -0.39 is 0 Å². The van der Waals surface area contributed by atoms with Crippen molar-refractivity contribution in [3.05, 3.63) is 29.7 Å². The molecule has 0 fully saturated rings. The molecule has 18 heavy (non-hydrogen) atoms. The minimum absolute atomic E-state index is 0.156. The van der Waals surface area contributed by atoms with Gasteiger partial charge >= 0.3 is 0 Å². The second-order valence-corrected chi connectivity index (χ2v) is 5.37. The number of rotatable bonds is 4. The van der Waals surface area contributed by atoms with Crippen LogP contribution in [-0.2, 0) is 13.5 Å². The summed E-state index contributed by atoms with van der Waals surface area (Å²) < 4.78 is 1.74. The van der Waals surface area contributed by atoms with E-state index >= 15 is 0 Å². The predicted molar refractivity (Wildman–Crippen MR) is 71.5 cm³/mol. The molecule has 0 aliphatic carbocycles. The molecule has 2 rings (SSSR count). The summed E-state index contributed by atoms with van der Waals surface area (Å²) in [6.07, 6.45) is 4.28. The fourth-order valence-corrected chi connectivity index (χ4v) is 2.45. The molecular weight excluding hydrogens is 246 g/mol. The van der Waals surface area contributed by atoms with Gasteiger partial charge in [0.05, 0.1) is 0 Å². The first-order valence-corrected chi connectivity index (χ1v) is 6.61. The smallest absolute Gasteiger partial charge is 0.192 e. The standard InChI is InChI=1S/C12H17N5S/c1-8-4-10(5-9(2)13)6-14-11(8)18-12-15-7-16-17(12)3/h4,6-7,9H,5,13H2,1-3H3. The van der Waals surface area contributed by atoms with E-state index in [4.69, 9.17) is 5.73 Å². The molecule has 1 atom stereocenters. The fourth-order valence-electron chi connectivity index (χ4n) is 1.68. The Labute approximate surface area is 111 Å². The lowest BCUT2D eigenvalue weighted by molar-refractivity contribution is 0.684. The van der Waals surface area contributed by atoms with Crippen LogP contribution in [0.5, 0.6) is 0 Å². The van der Waals surface area contributed by atoms with Gasteiger partial charge in [0.1, 0.15) is 11.4 Å². The van der Waals surface area contributed by atoms with Gasteiger partial charge in [0.2, 0.25) is 0 Å². The van der Waals surface area contributed by atoms with Gasteiger partial charge < -0.3 is 5.73 Å². The van der Waals surface area contributed by atoms with E-state index in [1.54, 1.807) is 11.0 Å². The summed E-state index contributed by atoms with van der Waals surface area (Å²) in [5.74, 6) is 0. The summed E-state index contributed by atoms with van der Waals surface area (Å²) in [4.78, 5) is 8.65. The monoisotopic (exact) mass is 263 g/mol. The first kappa shape index (κ1) is 13.0. The van der Waals surface area contributed by atoms with Crippen molar-refractivity contribution in [2.45, 2.75) is 36.5 Å². The molecule has 0 saturated carbocycles. The molecule has 2 aromatic heterocycles. The third kappa shape index (κ3) is 3.08. The van der Waals surface area contributed by atoms with E-state index in [0.29, 0.717) is 0 Å². The molecule has 0 aromatic carbocycles. The van der Waals surface area contributed by atoms with Crippen LogP contribution in [0, 0.1) is 6.92 Å². The van der Waals surface area contributed by atoms with Crippen molar-refractivity contribution in [1.29, 1.82) is 0 Å². The van der Waals surface area contributed by atoms with Crippen molar-refractivity contribution < 1.29 is 0 Å². The normalized spacial score (nSPS) is 12.7. The molecule has 2 N–H and O–H groups in total. The van der Waals surface area contributed by atoms with E-state index in [2.05, 4.69) is 28.1 Å². The second-order valence-electron chi connectivity index (χ2n) is 4.42. The highest BCUT2D eigenvalue weighted by Crippen LogP contribution is 2.26. The topological polar surface area (TPSA) is 69.6 Å². The Morgan fingerprint density at radius 2 is 2.22 bits per heavy atom. The van der Waals surface area contributed by atoms with E-state index in [1.807, 2.05) is 20.2 Å². The van der Waals surface area contributed by atoms with Gasteiger partial charge in [-0.3, -0.25) is 0 Å². The van der Waals surface area contributed by atoms with Crippen LogP contribution in [0.4, 0.5) is 0 Å². The Hall–Kier alpha value is -1.40. The molecule has 96 valence electrons.